The van der Waals surface area contributed by atoms with Crippen LogP contribution in [0.15, 0.2) is 40.3 Å². The van der Waals surface area contributed by atoms with Crippen molar-refractivity contribution in [2.75, 3.05) is 12.3 Å². The molecule has 6 heteroatoms. The lowest BCUT2D eigenvalue weighted by Crippen LogP contribution is -2.29. The lowest BCUT2D eigenvalue weighted by Gasteiger charge is -2.12. The van der Waals surface area contributed by atoms with Crippen molar-refractivity contribution in [3.8, 4) is 11.5 Å². The smallest absolute Gasteiger partial charge is 0.232 e. The normalized spacial score (nSPS) is 15.1. The van der Waals surface area contributed by atoms with Crippen molar-refractivity contribution in [3.63, 3.8) is 0 Å². The largest absolute Gasteiger partial charge is 0.441 e. The summed E-state index contributed by atoms with van der Waals surface area (Å²) in [6, 6.07) is 7.86. The number of hydrogen-bond acceptors (Lipinski definition) is 4. The molecular weight excluding hydrogens is 372 g/mol. The standard InChI is InChI=1S/C22H28N2O3S/c1-16-8-6-7-11-19(16)22-24-20(17(2)27-22)14-28(26)15-21(25)23-13-12-18-9-4-3-5-10-18/h6-9,11H,3-5,10,12-15H2,1-2H3,(H,23,25). The topological polar surface area (TPSA) is 72.2 Å². The fourth-order valence-electron chi connectivity index (χ4n) is 3.38. The van der Waals surface area contributed by atoms with Crippen LogP contribution >= 0.6 is 0 Å². The SMILES string of the molecule is Cc1ccccc1-c1nc(CS(=O)CC(=O)NCCC2=CCCCC2)c(C)o1. The second kappa shape index (κ2) is 9.82. The Kier molecular flexibility index (Phi) is 7.20. The first-order chi connectivity index (χ1) is 13.5. The van der Waals surface area contributed by atoms with E-state index >= 15 is 0 Å². The number of benzene rings is 1. The van der Waals surface area contributed by atoms with Crippen LogP contribution in [-0.2, 0) is 21.3 Å². The lowest BCUT2D eigenvalue weighted by molar-refractivity contribution is -0.118. The second-order valence-corrected chi connectivity index (χ2v) is 8.73. The van der Waals surface area contributed by atoms with Crippen LogP contribution in [0.5, 0.6) is 0 Å². The molecule has 1 heterocycles. The summed E-state index contributed by atoms with van der Waals surface area (Å²) in [5, 5.41) is 2.88. The minimum atomic E-state index is -1.32. The van der Waals surface area contributed by atoms with Crippen molar-refractivity contribution < 1.29 is 13.4 Å². The van der Waals surface area contributed by atoms with Gasteiger partial charge < -0.3 is 9.73 Å². The number of carbonyl (C=O) groups is 1. The number of nitrogens with one attached hydrogen (secondary N) is 1. The van der Waals surface area contributed by atoms with E-state index in [1.165, 1.54) is 18.4 Å². The maximum atomic E-state index is 12.4. The zero-order valence-corrected chi connectivity index (χ0v) is 17.4. The summed E-state index contributed by atoms with van der Waals surface area (Å²) in [6.07, 6.45) is 7.96. The van der Waals surface area contributed by atoms with Gasteiger partial charge in [0.15, 0.2) is 0 Å². The Bertz CT molecular complexity index is 886. The van der Waals surface area contributed by atoms with Gasteiger partial charge in [-0.3, -0.25) is 9.00 Å². The molecule has 1 unspecified atom stereocenters. The quantitative estimate of drug-likeness (QED) is 0.674. The van der Waals surface area contributed by atoms with E-state index in [-0.39, 0.29) is 17.4 Å². The van der Waals surface area contributed by atoms with Crippen LogP contribution in [0.3, 0.4) is 0 Å². The van der Waals surface area contributed by atoms with Crippen LogP contribution in [0.2, 0.25) is 0 Å². The minimum absolute atomic E-state index is 0.00888. The van der Waals surface area contributed by atoms with Gasteiger partial charge in [-0.05, 0) is 57.6 Å². The highest BCUT2D eigenvalue weighted by Gasteiger charge is 2.17. The Morgan fingerprint density at radius 3 is 2.82 bits per heavy atom. The molecule has 2 aromatic rings. The average molecular weight is 401 g/mol. The van der Waals surface area contributed by atoms with Crippen LogP contribution < -0.4 is 5.32 Å². The number of aromatic nitrogens is 1. The summed E-state index contributed by atoms with van der Waals surface area (Å²) in [5.74, 6) is 1.23. The number of hydrogen-bond donors (Lipinski definition) is 1. The molecule has 150 valence electrons. The van der Waals surface area contributed by atoms with E-state index < -0.39 is 10.8 Å². The molecule has 3 rings (SSSR count). The van der Waals surface area contributed by atoms with Crippen molar-refractivity contribution in [1.29, 1.82) is 0 Å². The predicted octanol–water partition coefficient (Wildman–Crippen LogP) is 4.21. The number of nitrogens with zero attached hydrogens (tertiary/aromatic N) is 1. The molecule has 0 spiro atoms. The lowest BCUT2D eigenvalue weighted by atomic mass is 9.97. The fraction of sp³-hybridized carbons (Fsp3) is 0.455. The molecule has 0 saturated carbocycles. The van der Waals surface area contributed by atoms with Gasteiger partial charge in [0.05, 0.1) is 11.4 Å². The molecule has 1 atom stereocenters. The van der Waals surface area contributed by atoms with E-state index in [4.69, 9.17) is 4.42 Å². The van der Waals surface area contributed by atoms with Crippen molar-refractivity contribution in [2.45, 2.75) is 51.7 Å². The highest BCUT2D eigenvalue weighted by Crippen LogP contribution is 2.25. The van der Waals surface area contributed by atoms with E-state index in [0.29, 0.717) is 23.9 Å². The van der Waals surface area contributed by atoms with Crippen LogP contribution in [0, 0.1) is 13.8 Å². The molecular formula is C22H28N2O3S. The van der Waals surface area contributed by atoms with Crippen LogP contribution in [0.1, 0.15) is 49.1 Å². The van der Waals surface area contributed by atoms with E-state index in [0.717, 1.165) is 30.4 Å². The monoisotopic (exact) mass is 400 g/mol. The number of oxazole rings is 1. The molecule has 1 aliphatic rings. The van der Waals surface area contributed by atoms with E-state index in [1.54, 1.807) is 0 Å². The summed E-state index contributed by atoms with van der Waals surface area (Å²) in [5.41, 5.74) is 4.08. The van der Waals surface area contributed by atoms with Crippen molar-refractivity contribution >= 4 is 16.7 Å². The zero-order valence-electron chi connectivity index (χ0n) is 16.6. The summed E-state index contributed by atoms with van der Waals surface area (Å²) in [6.45, 7) is 4.43. The second-order valence-electron chi connectivity index (χ2n) is 7.27. The molecule has 5 nitrogen and oxygen atoms in total. The van der Waals surface area contributed by atoms with Crippen molar-refractivity contribution in [2.24, 2.45) is 0 Å². The molecule has 28 heavy (non-hydrogen) atoms. The van der Waals surface area contributed by atoms with E-state index in [1.807, 2.05) is 38.1 Å². The molecule has 1 aromatic carbocycles. The first kappa shape index (κ1) is 20.5. The highest BCUT2D eigenvalue weighted by atomic mass is 32.2. The Balaban J connectivity index is 1.50. The van der Waals surface area contributed by atoms with Gasteiger partial charge in [-0.15, -0.1) is 0 Å². The van der Waals surface area contributed by atoms with Crippen LogP contribution in [0.4, 0.5) is 0 Å². The summed E-state index contributed by atoms with van der Waals surface area (Å²) < 4.78 is 18.2. The van der Waals surface area contributed by atoms with Crippen molar-refractivity contribution in [1.82, 2.24) is 10.3 Å². The number of aryl methyl sites for hydroxylation is 2. The third-order valence-corrected chi connectivity index (χ3v) is 6.19. The fourth-order valence-corrected chi connectivity index (χ4v) is 4.45. The van der Waals surface area contributed by atoms with Gasteiger partial charge in [0.2, 0.25) is 11.8 Å². The number of rotatable bonds is 8. The third-order valence-electron chi connectivity index (χ3n) is 5.01. The Labute approximate surface area is 169 Å². The minimum Gasteiger partial charge on any atom is -0.441 e. The van der Waals surface area contributed by atoms with Gasteiger partial charge in [-0.1, -0.05) is 29.8 Å². The Morgan fingerprint density at radius 2 is 2.07 bits per heavy atom. The van der Waals surface area contributed by atoms with E-state index in [2.05, 4.69) is 16.4 Å². The van der Waals surface area contributed by atoms with Gasteiger partial charge in [0.25, 0.3) is 0 Å². The molecule has 1 aromatic heterocycles. The Hall–Kier alpha value is -2.21. The molecule has 0 saturated heterocycles. The maximum Gasteiger partial charge on any atom is 0.232 e. The number of allylic oxidation sites excluding steroid dienone is 1. The first-order valence-electron chi connectivity index (χ1n) is 9.85. The zero-order chi connectivity index (χ0) is 19.9. The third kappa shape index (κ3) is 5.64. The molecule has 1 aliphatic carbocycles. The number of amides is 1. The predicted molar refractivity (Wildman–Crippen MR) is 112 cm³/mol. The van der Waals surface area contributed by atoms with Crippen LogP contribution in [0.25, 0.3) is 11.5 Å². The van der Waals surface area contributed by atoms with Gasteiger partial charge in [-0.25, -0.2) is 4.98 Å². The number of carbonyl (C=O) groups excluding carboxylic acids is 1. The van der Waals surface area contributed by atoms with Gasteiger partial charge in [0, 0.05) is 22.9 Å². The molecule has 0 fully saturated rings. The maximum absolute atomic E-state index is 12.4. The molecule has 0 aliphatic heterocycles. The summed E-state index contributed by atoms with van der Waals surface area (Å²) in [7, 11) is -1.32. The summed E-state index contributed by atoms with van der Waals surface area (Å²) in [4.78, 5) is 16.6. The van der Waals surface area contributed by atoms with Gasteiger partial charge >= 0.3 is 0 Å². The first-order valence-corrected chi connectivity index (χ1v) is 11.3. The average Bonchev–Trinajstić information content (AvgIpc) is 3.03. The molecule has 0 radical (unpaired) electrons. The van der Waals surface area contributed by atoms with Crippen LogP contribution in [-0.4, -0.2) is 27.4 Å². The molecule has 0 bridgehead atoms. The van der Waals surface area contributed by atoms with Gasteiger partial charge in [-0.2, -0.15) is 0 Å². The molecule has 1 N–H and O–H groups in total. The highest BCUT2D eigenvalue weighted by molar-refractivity contribution is 7.84. The molecule has 1 amide bonds. The summed E-state index contributed by atoms with van der Waals surface area (Å²) >= 11 is 0. The van der Waals surface area contributed by atoms with Gasteiger partial charge in [0.1, 0.15) is 11.5 Å². The Morgan fingerprint density at radius 1 is 1.25 bits per heavy atom. The van der Waals surface area contributed by atoms with E-state index in [9.17, 15) is 9.00 Å². The van der Waals surface area contributed by atoms with Crippen molar-refractivity contribution in [3.05, 3.63) is 52.9 Å².